The van der Waals surface area contributed by atoms with Crippen molar-refractivity contribution >= 4 is 5.96 Å². The van der Waals surface area contributed by atoms with Gasteiger partial charge in [-0.15, -0.1) is 0 Å². The van der Waals surface area contributed by atoms with Gasteiger partial charge < -0.3 is 10.2 Å². The number of likely N-dealkylation sites (tertiary alicyclic amines) is 1. The van der Waals surface area contributed by atoms with Gasteiger partial charge in [-0.3, -0.25) is 14.6 Å². The fourth-order valence-corrected chi connectivity index (χ4v) is 4.68. The van der Waals surface area contributed by atoms with Crippen LogP contribution in [0.15, 0.2) is 41.7 Å². The van der Waals surface area contributed by atoms with Gasteiger partial charge >= 0.3 is 0 Å². The van der Waals surface area contributed by atoms with Crippen molar-refractivity contribution in [2.24, 2.45) is 12.0 Å². The minimum atomic E-state index is 0.0245. The maximum absolute atomic E-state index is 5.10. The van der Waals surface area contributed by atoms with E-state index in [-0.39, 0.29) is 5.54 Å². The van der Waals surface area contributed by atoms with Crippen molar-refractivity contribution in [1.29, 1.82) is 0 Å². The summed E-state index contributed by atoms with van der Waals surface area (Å²) in [6.45, 7) is 12.7. The molecule has 6 nitrogen and oxygen atoms in total. The Balaban J connectivity index is 1.42. The molecule has 1 aromatic heterocycles. The minimum absolute atomic E-state index is 0.0245. The normalized spacial score (nSPS) is 20.5. The van der Waals surface area contributed by atoms with E-state index in [0.29, 0.717) is 5.92 Å². The lowest BCUT2D eigenvalue weighted by Gasteiger charge is -2.41. The monoisotopic (exact) mass is 408 g/mol. The van der Waals surface area contributed by atoms with Crippen LogP contribution in [0.1, 0.15) is 49.8 Å². The smallest absolute Gasteiger partial charge is 0.194 e. The van der Waals surface area contributed by atoms with E-state index >= 15 is 0 Å². The second-order valence-corrected chi connectivity index (χ2v) is 9.30. The second kappa shape index (κ2) is 8.80. The minimum Gasteiger partial charge on any atom is -0.357 e. The quantitative estimate of drug-likeness (QED) is 0.610. The molecule has 1 unspecified atom stereocenters. The van der Waals surface area contributed by atoms with Crippen LogP contribution in [0, 0.1) is 0 Å². The van der Waals surface area contributed by atoms with E-state index in [1.54, 1.807) is 0 Å². The third-order valence-corrected chi connectivity index (χ3v) is 6.62. The van der Waals surface area contributed by atoms with Gasteiger partial charge in [-0.25, -0.2) is 0 Å². The van der Waals surface area contributed by atoms with E-state index in [4.69, 9.17) is 4.99 Å². The lowest BCUT2D eigenvalue weighted by Crippen LogP contribution is -2.49. The Kier molecular flexibility index (Phi) is 6.14. The molecule has 0 spiro atoms. The first kappa shape index (κ1) is 20.9. The van der Waals surface area contributed by atoms with Crippen molar-refractivity contribution in [1.82, 2.24) is 24.9 Å². The Morgan fingerprint density at radius 3 is 2.77 bits per heavy atom. The van der Waals surface area contributed by atoms with Crippen LogP contribution in [-0.2, 0) is 20.0 Å². The van der Waals surface area contributed by atoms with E-state index in [2.05, 4.69) is 71.4 Å². The molecule has 0 aliphatic carbocycles. The largest absolute Gasteiger partial charge is 0.357 e. The average molecular weight is 409 g/mol. The molecular weight excluding hydrogens is 372 g/mol. The van der Waals surface area contributed by atoms with Gasteiger partial charge in [0, 0.05) is 57.4 Å². The first-order chi connectivity index (χ1) is 14.5. The highest BCUT2D eigenvalue weighted by Crippen LogP contribution is 2.28. The Hall–Kier alpha value is -2.34. The number of aliphatic imine (C=N–C) groups is 1. The third kappa shape index (κ3) is 4.53. The molecule has 6 heteroatoms. The van der Waals surface area contributed by atoms with Gasteiger partial charge in [0.1, 0.15) is 0 Å². The van der Waals surface area contributed by atoms with Gasteiger partial charge in [0.25, 0.3) is 0 Å². The van der Waals surface area contributed by atoms with Crippen molar-refractivity contribution in [3.8, 4) is 0 Å². The zero-order valence-corrected chi connectivity index (χ0v) is 18.9. The van der Waals surface area contributed by atoms with Crippen molar-refractivity contribution < 1.29 is 0 Å². The summed E-state index contributed by atoms with van der Waals surface area (Å²) in [6.07, 6.45) is 6.44. The molecule has 2 aromatic rings. The summed E-state index contributed by atoms with van der Waals surface area (Å²) in [4.78, 5) is 10.1. The van der Waals surface area contributed by atoms with Gasteiger partial charge in [-0.2, -0.15) is 5.10 Å². The van der Waals surface area contributed by atoms with Crippen molar-refractivity contribution in [2.45, 2.75) is 51.6 Å². The highest BCUT2D eigenvalue weighted by Gasteiger charge is 2.31. The topological polar surface area (TPSA) is 48.7 Å². The Morgan fingerprint density at radius 2 is 2.03 bits per heavy atom. The summed E-state index contributed by atoms with van der Waals surface area (Å²) in [5.41, 5.74) is 4.33. The van der Waals surface area contributed by atoms with E-state index in [1.807, 2.05) is 17.9 Å². The maximum Gasteiger partial charge on any atom is 0.194 e. The average Bonchev–Trinajstić information content (AvgIpc) is 3.40. The van der Waals surface area contributed by atoms with E-state index in [9.17, 15) is 0 Å². The van der Waals surface area contributed by atoms with Crippen LogP contribution in [0.3, 0.4) is 0 Å². The fourth-order valence-electron chi connectivity index (χ4n) is 4.68. The van der Waals surface area contributed by atoms with Gasteiger partial charge in [0.05, 0.1) is 12.7 Å². The van der Waals surface area contributed by atoms with E-state index in [0.717, 1.165) is 58.1 Å². The van der Waals surface area contributed by atoms with Crippen molar-refractivity contribution in [3.05, 3.63) is 53.3 Å². The van der Waals surface area contributed by atoms with Crippen LogP contribution in [0.2, 0.25) is 0 Å². The summed E-state index contributed by atoms with van der Waals surface area (Å²) < 4.78 is 1.90. The van der Waals surface area contributed by atoms with Crippen LogP contribution >= 0.6 is 0 Å². The van der Waals surface area contributed by atoms with Gasteiger partial charge in [-0.1, -0.05) is 24.3 Å². The molecule has 2 aliphatic rings. The number of aromatic nitrogens is 2. The number of guanidine groups is 1. The molecule has 0 saturated carbocycles. The Labute approximate surface area is 181 Å². The van der Waals surface area contributed by atoms with E-state index < -0.39 is 0 Å². The van der Waals surface area contributed by atoms with Crippen LogP contribution in [0.25, 0.3) is 0 Å². The van der Waals surface area contributed by atoms with Crippen molar-refractivity contribution in [3.63, 3.8) is 0 Å². The SMILES string of the molecule is CCNC(=NCC(C)(C)N1CCc2ccccc2C1)N1CCC(c2cnn(C)c2)C1. The summed E-state index contributed by atoms with van der Waals surface area (Å²) in [7, 11) is 1.99. The number of nitrogens with zero attached hydrogens (tertiary/aromatic N) is 5. The zero-order chi connectivity index (χ0) is 21.1. The molecule has 2 aliphatic heterocycles. The number of fused-ring (bicyclic) bond motifs is 1. The molecule has 1 saturated heterocycles. The number of rotatable bonds is 5. The highest BCUT2D eigenvalue weighted by molar-refractivity contribution is 5.80. The van der Waals surface area contributed by atoms with Gasteiger partial charge in [-0.05, 0) is 50.3 Å². The predicted octanol–water partition coefficient (Wildman–Crippen LogP) is 3.01. The Morgan fingerprint density at radius 1 is 1.23 bits per heavy atom. The summed E-state index contributed by atoms with van der Waals surface area (Å²) in [5.74, 6) is 1.59. The number of hydrogen-bond acceptors (Lipinski definition) is 3. The summed E-state index contributed by atoms with van der Waals surface area (Å²) in [5, 5.41) is 7.88. The van der Waals surface area contributed by atoms with Crippen LogP contribution in [-0.4, -0.2) is 63.8 Å². The van der Waals surface area contributed by atoms with E-state index in [1.165, 1.54) is 16.7 Å². The lowest BCUT2D eigenvalue weighted by atomic mass is 9.94. The molecule has 3 heterocycles. The maximum atomic E-state index is 5.10. The van der Waals surface area contributed by atoms with Crippen LogP contribution < -0.4 is 5.32 Å². The number of benzene rings is 1. The summed E-state index contributed by atoms with van der Waals surface area (Å²) >= 11 is 0. The first-order valence-electron chi connectivity index (χ1n) is 11.3. The van der Waals surface area contributed by atoms with Crippen LogP contribution in [0.5, 0.6) is 0 Å². The molecule has 1 N–H and O–H groups in total. The number of aryl methyl sites for hydroxylation is 1. The first-order valence-corrected chi connectivity index (χ1v) is 11.3. The highest BCUT2D eigenvalue weighted by atomic mass is 15.3. The lowest BCUT2D eigenvalue weighted by molar-refractivity contribution is 0.111. The predicted molar refractivity (Wildman–Crippen MR) is 123 cm³/mol. The van der Waals surface area contributed by atoms with Gasteiger partial charge in [0.15, 0.2) is 5.96 Å². The van der Waals surface area contributed by atoms with Crippen molar-refractivity contribution in [2.75, 3.05) is 32.7 Å². The number of hydrogen-bond donors (Lipinski definition) is 1. The molecule has 162 valence electrons. The molecule has 30 heavy (non-hydrogen) atoms. The zero-order valence-electron chi connectivity index (χ0n) is 18.9. The molecule has 4 rings (SSSR count). The third-order valence-electron chi connectivity index (χ3n) is 6.62. The molecule has 0 amide bonds. The number of nitrogens with one attached hydrogen (secondary N) is 1. The molecule has 0 bridgehead atoms. The molecule has 1 fully saturated rings. The van der Waals surface area contributed by atoms with Gasteiger partial charge in [0.2, 0.25) is 0 Å². The molecule has 1 aromatic carbocycles. The molecule has 0 radical (unpaired) electrons. The summed E-state index contributed by atoms with van der Waals surface area (Å²) in [6, 6.07) is 8.85. The second-order valence-electron chi connectivity index (χ2n) is 9.30. The van der Waals surface area contributed by atoms with Crippen LogP contribution in [0.4, 0.5) is 0 Å². The fraction of sp³-hybridized carbons (Fsp3) is 0.583. The molecule has 1 atom stereocenters. The standard InChI is InChI=1S/C24H36N6/c1-5-25-23(29-12-10-21(16-29)22-14-27-28(4)15-22)26-18-24(2,3)30-13-11-19-8-6-7-9-20(19)17-30/h6-9,14-15,21H,5,10-13,16-18H2,1-4H3,(H,25,26). The Bertz CT molecular complexity index is 883. The molecular formula is C24H36N6.